The lowest BCUT2D eigenvalue weighted by Crippen LogP contribution is -2.03. The average Bonchev–Trinajstić information content (AvgIpc) is 2.29. The van der Waals surface area contributed by atoms with E-state index in [2.05, 4.69) is 31.2 Å². The van der Waals surface area contributed by atoms with Crippen molar-refractivity contribution in [2.45, 2.75) is 6.54 Å². The van der Waals surface area contributed by atoms with Gasteiger partial charge in [0, 0.05) is 22.6 Å². The molecule has 1 aromatic carbocycles. The number of anilines is 1. The van der Waals surface area contributed by atoms with E-state index in [1.54, 1.807) is 12.4 Å². The summed E-state index contributed by atoms with van der Waals surface area (Å²) in [6.45, 7) is 0.628. The van der Waals surface area contributed by atoms with Gasteiger partial charge in [0.05, 0.1) is 6.54 Å². The second kappa shape index (κ2) is 4.89. The van der Waals surface area contributed by atoms with E-state index < -0.39 is 0 Å². The predicted octanol–water partition coefficient (Wildman–Crippen LogP) is 2.85. The van der Waals surface area contributed by atoms with Gasteiger partial charge in [-0.2, -0.15) is 0 Å². The van der Waals surface area contributed by atoms with Crippen LogP contribution in [0.5, 0.6) is 0 Å². The normalized spacial score (nSPS) is 9.93. The van der Waals surface area contributed by atoms with Crippen molar-refractivity contribution in [3.05, 3.63) is 53.0 Å². The Morgan fingerprint density at radius 1 is 1.07 bits per heavy atom. The van der Waals surface area contributed by atoms with Crippen molar-refractivity contribution in [3.63, 3.8) is 0 Å². The van der Waals surface area contributed by atoms with Crippen LogP contribution in [0.25, 0.3) is 0 Å². The van der Waals surface area contributed by atoms with Gasteiger partial charge in [-0.3, -0.25) is 0 Å². The number of aromatic nitrogens is 2. The molecule has 0 aliphatic rings. The van der Waals surface area contributed by atoms with E-state index in [1.165, 1.54) is 0 Å². The van der Waals surface area contributed by atoms with Crippen molar-refractivity contribution in [1.82, 2.24) is 9.97 Å². The molecule has 0 aliphatic carbocycles. The zero-order chi connectivity index (χ0) is 10.5. The van der Waals surface area contributed by atoms with Crippen molar-refractivity contribution in [3.8, 4) is 0 Å². The first-order valence-electron chi connectivity index (χ1n) is 4.60. The molecule has 0 aliphatic heterocycles. The van der Waals surface area contributed by atoms with Gasteiger partial charge in [0.15, 0.2) is 0 Å². The van der Waals surface area contributed by atoms with Crippen LogP contribution in [-0.4, -0.2) is 9.97 Å². The zero-order valence-electron chi connectivity index (χ0n) is 8.02. The molecule has 76 valence electrons. The highest BCUT2D eigenvalue weighted by atomic mass is 79.9. The summed E-state index contributed by atoms with van der Waals surface area (Å²) in [5, 5.41) is 3.26. The fourth-order valence-electron chi connectivity index (χ4n) is 1.20. The monoisotopic (exact) mass is 263 g/mol. The molecular weight excluding hydrogens is 254 g/mol. The summed E-state index contributed by atoms with van der Waals surface area (Å²) in [6.07, 6.45) is 3.48. The number of nitrogens with one attached hydrogen (secondary N) is 1. The molecule has 0 amide bonds. The molecular formula is C11H10BrN3. The maximum Gasteiger partial charge on any atom is 0.147 e. The van der Waals surface area contributed by atoms with E-state index in [-0.39, 0.29) is 0 Å². The summed E-state index contributed by atoms with van der Waals surface area (Å²) < 4.78 is 1.04. The second-order valence-electron chi connectivity index (χ2n) is 3.00. The highest BCUT2D eigenvalue weighted by molar-refractivity contribution is 9.10. The Balaban J connectivity index is 2.03. The van der Waals surface area contributed by atoms with Gasteiger partial charge in [0.2, 0.25) is 0 Å². The smallest absolute Gasteiger partial charge is 0.147 e. The molecule has 3 nitrogen and oxygen atoms in total. The van der Waals surface area contributed by atoms with E-state index in [4.69, 9.17) is 0 Å². The Morgan fingerprint density at radius 2 is 1.80 bits per heavy atom. The van der Waals surface area contributed by atoms with E-state index >= 15 is 0 Å². The standard InChI is InChI=1S/C11H10BrN3/c12-9-4-1-2-5-10(9)15-8-11-13-6-3-7-14-11/h1-7,15H,8H2. The zero-order valence-corrected chi connectivity index (χ0v) is 9.61. The maximum atomic E-state index is 4.13. The van der Waals surface area contributed by atoms with Gasteiger partial charge >= 0.3 is 0 Å². The molecule has 0 unspecified atom stereocenters. The van der Waals surface area contributed by atoms with Crippen LogP contribution in [0.15, 0.2) is 47.2 Å². The Morgan fingerprint density at radius 3 is 2.53 bits per heavy atom. The van der Waals surface area contributed by atoms with Crippen molar-refractivity contribution < 1.29 is 0 Å². The second-order valence-corrected chi connectivity index (χ2v) is 3.85. The molecule has 4 heteroatoms. The first-order valence-corrected chi connectivity index (χ1v) is 5.40. The number of benzene rings is 1. The summed E-state index contributed by atoms with van der Waals surface area (Å²) in [7, 11) is 0. The fourth-order valence-corrected chi connectivity index (χ4v) is 1.63. The Hall–Kier alpha value is -1.42. The highest BCUT2D eigenvalue weighted by Gasteiger charge is 1.98. The van der Waals surface area contributed by atoms with E-state index in [1.807, 2.05) is 30.3 Å². The van der Waals surface area contributed by atoms with Crippen LogP contribution in [0.1, 0.15) is 5.82 Å². The molecule has 0 saturated carbocycles. The molecule has 0 bridgehead atoms. The maximum absolute atomic E-state index is 4.13. The van der Waals surface area contributed by atoms with Gasteiger partial charge in [-0.25, -0.2) is 9.97 Å². The lowest BCUT2D eigenvalue weighted by molar-refractivity contribution is 0.947. The number of rotatable bonds is 3. The Labute approximate surface area is 96.7 Å². The third-order valence-corrected chi connectivity index (χ3v) is 2.62. The predicted molar refractivity (Wildman–Crippen MR) is 63.5 cm³/mol. The van der Waals surface area contributed by atoms with Crippen molar-refractivity contribution in [2.75, 3.05) is 5.32 Å². The van der Waals surface area contributed by atoms with Crippen molar-refractivity contribution in [2.24, 2.45) is 0 Å². The minimum atomic E-state index is 0.628. The molecule has 1 heterocycles. The SMILES string of the molecule is Brc1ccccc1NCc1ncccn1. The summed E-state index contributed by atoms with van der Waals surface area (Å²) in [5.74, 6) is 0.785. The fraction of sp³-hybridized carbons (Fsp3) is 0.0909. The van der Waals surface area contributed by atoms with Gasteiger partial charge in [-0.15, -0.1) is 0 Å². The molecule has 2 aromatic rings. The van der Waals surface area contributed by atoms with Gasteiger partial charge < -0.3 is 5.32 Å². The third kappa shape index (κ3) is 2.76. The summed E-state index contributed by atoms with van der Waals surface area (Å²) in [5.41, 5.74) is 1.05. The quantitative estimate of drug-likeness (QED) is 0.926. The number of halogens is 1. The van der Waals surface area contributed by atoms with Crippen LogP contribution in [0.3, 0.4) is 0 Å². The molecule has 0 saturated heterocycles. The van der Waals surface area contributed by atoms with Crippen LogP contribution in [0, 0.1) is 0 Å². The number of hydrogen-bond acceptors (Lipinski definition) is 3. The minimum Gasteiger partial charge on any atom is -0.377 e. The van der Waals surface area contributed by atoms with E-state index in [0.29, 0.717) is 6.54 Å². The van der Waals surface area contributed by atoms with Gasteiger partial charge in [0.1, 0.15) is 5.82 Å². The molecule has 1 aromatic heterocycles. The summed E-state index contributed by atoms with van der Waals surface area (Å²) in [6, 6.07) is 9.77. The lowest BCUT2D eigenvalue weighted by atomic mass is 10.3. The molecule has 2 rings (SSSR count). The van der Waals surface area contributed by atoms with Crippen molar-refractivity contribution >= 4 is 21.6 Å². The van der Waals surface area contributed by atoms with Crippen LogP contribution >= 0.6 is 15.9 Å². The summed E-state index contributed by atoms with van der Waals surface area (Å²) >= 11 is 3.47. The van der Waals surface area contributed by atoms with Crippen LogP contribution in [0.2, 0.25) is 0 Å². The number of para-hydroxylation sites is 1. The van der Waals surface area contributed by atoms with Crippen LogP contribution in [0.4, 0.5) is 5.69 Å². The molecule has 0 fully saturated rings. The first-order chi connectivity index (χ1) is 7.36. The van der Waals surface area contributed by atoms with Gasteiger partial charge in [-0.1, -0.05) is 12.1 Å². The third-order valence-electron chi connectivity index (χ3n) is 1.93. The lowest BCUT2D eigenvalue weighted by Gasteiger charge is -2.06. The highest BCUT2D eigenvalue weighted by Crippen LogP contribution is 2.21. The number of nitrogens with zero attached hydrogens (tertiary/aromatic N) is 2. The molecule has 15 heavy (non-hydrogen) atoms. The van der Waals surface area contributed by atoms with E-state index in [0.717, 1.165) is 16.0 Å². The molecule has 0 atom stereocenters. The first kappa shape index (κ1) is 10.1. The van der Waals surface area contributed by atoms with Gasteiger partial charge in [0.25, 0.3) is 0 Å². The summed E-state index contributed by atoms with van der Waals surface area (Å²) in [4.78, 5) is 8.27. The van der Waals surface area contributed by atoms with Crippen molar-refractivity contribution in [1.29, 1.82) is 0 Å². The van der Waals surface area contributed by atoms with Gasteiger partial charge in [-0.05, 0) is 34.1 Å². The average molecular weight is 264 g/mol. The number of hydrogen-bond donors (Lipinski definition) is 1. The molecule has 0 spiro atoms. The Kier molecular flexibility index (Phi) is 3.29. The topological polar surface area (TPSA) is 37.8 Å². The Bertz CT molecular complexity index is 431. The molecule has 0 radical (unpaired) electrons. The minimum absolute atomic E-state index is 0.628. The van der Waals surface area contributed by atoms with Crippen LogP contribution < -0.4 is 5.32 Å². The largest absolute Gasteiger partial charge is 0.377 e. The van der Waals surface area contributed by atoms with Crippen LogP contribution in [-0.2, 0) is 6.54 Å². The van der Waals surface area contributed by atoms with E-state index in [9.17, 15) is 0 Å². The molecule has 1 N–H and O–H groups in total.